The molecule has 7 nitrogen and oxygen atoms in total. The van der Waals surface area contributed by atoms with Gasteiger partial charge in [0.1, 0.15) is 0 Å². The van der Waals surface area contributed by atoms with E-state index < -0.39 is 5.91 Å². The van der Waals surface area contributed by atoms with Crippen LogP contribution in [0.2, 0.25) is 0 Å². The van der Waals surface area contributed by atoms with Gasteiger partial charge >= 0.3 is 0 Å². The van der Waals surface area contributed by atoms with Gasteiger partial charge in [0.2, 0.25) is 0 Å². The Hall–Kier alpha value is -3.87. The van der Waals surface area contributed by atoms with E-state index in [1.165, 1.54) is 6.21 Å². The van der Waals surface area contributed by atoms with Crippen LogP contribution < -0.4 is 20.2 Å². The van der Waals surface area contributed by atoms with Gasteiger partial charge in [-0.05, 0) is 40.6 Å². The minimum absolute atomic E-state index is 0.189. The van der Waals surface area contributed by atoms with Crippen molar-refractivity contribution in [2.24, 2.45) is 5.10 Å². The molecule has 0 unspecified atom stereocenters. The number of ether oxygens (including phenoxy) is 2. The van der Waals surface area contributed by atoms with E-state index in [0.717, 1.165) is 16.3 Å². The number of nitrogens with one attached hydrogen (secondary N) is 2. The Morgan fingerprint density at radius 2 is 1.72 bits per heavy atom. The Labute approximate surface area is 168 Å². The van der Waals surface area contributed by atoms with Gasteiger partial charge in [-0.1, -0.05) is 36.4 Å². The van der Waals surface area contributed by atoms with Crippen molar-refractivity contribution < 1.29 is 19.1 Å². The number of amides is 2. The zero-order valence-electron chi connectivity index (χ0n) is 16.1. The summed E-state index contributed by atoms with van der Waals surface area (Å²) in [5.74, 6) is 0.408. The molecule has 0 aromatic heterocycles. The van der Waals surface area contributed by atoms with E-state index in [2.05, 4.69) is 15.8 Å². The molecule has 0 radical (unpaired) electrons. The molecule has 3 aromatic rings. The molecule has 148 valence electrons. The van der Waals surface area contributed by atoms with Crippen molar-refractivity contribution in [3.63, 3.8) is 0 Å². The zero-order valence-corrected chi connectivity index (χ0v) is 16.1. The first-order valence-corrected chi connectivity index (χ1v) is 8.92. The topological polar surface area (TPSA) is 89.0 Å². The normalized spacial score (nSPS) is 10.7. The lowest BCUT2D eigenvalue weighted by molar-refractivity contribution is -0.120. The predicted octanol–water partition coefficient (Wildman–Crippen LogP) is 2.74. The van der Waals surface area contributed by atoms with Crippen LogP contribution in [0.5, 0.6) is 11.5 Å². The maximum absolute atomic E-state index is 12.4. The summed E-state index contributed by atoms with van der Waals surface area (Å²) in [5.41, 5.74) is 3.63. The molecule has 0 aliphatic heterocycles. The monoisotopic (exact) mass is 391 g/mol. The van der Waals surface area contributed by atoms with E-state index in [-0.39, 0.29) is 12.5 Å². The molecule has 0 atom stereocenters. The van der Waals surface area contributed by atoms with Gasteiger partial charge in [0.25, 0.3) is 11.8 Å². The van der Waals surface area contributed by atoms with Gasteiger partial charge in [0, 0.05) is 5.56 Å². The van der Waals surface area contributed by atoms with E-state index in [9.17, 15) is 9.59 Å². The molecule has 0 heterocycles. The lowest BCUT2D eigenvalue weighted by atomic mass is 10.0. The summed E-state index contributed by atoms with van der Waals surface area (Å²) in [6.07, 6.45) is 1.48. The second-order valence-electron chi connectivity index (χ2n) is 6.12. The van der Waals surface area contributed by atoms with Crippen molar-refractivity contribution in [2.75, 3.05) is 20.8 Å². The summed E-state index contributed by atoms with van der Waals surface area (Å²) in [6.45, 7) is -0.189. The van der Waals surface area contributed by atoms with Crippen molar-refractivity contribution in [3.8, 4) is 11.5 Å². The number of benzene rings is 3. The highest BCUT2D eigenvalue weighted by molar-refractivity contribution is 6.07. The van der Waals surface area contributed by atoms with Crippen LogP contribution in [0.1, 0.15) is 15.9 Å². The lowest BCUT2D eigenvalue weighted by Gasteiger charge is -2.08. The molecule has 0 saturated heterocycles. The fourth-order valence-electron chi connectivity index (χ4n) is 2.83. The predicted molar refractivity (Wildman–Crippen MR) is 112 cm³/mol. The van der Waals surface area contributed by atoms with Crippen LogP contribution in [-0.4, -0.2) is 38.8 Å². The third-order valence-electron chi connectivity index (χ3n) is 4.25. The summed E-state index contributed by atoms with van der Waals surface area (Å²) < 4.78 is 10.4. The minimum atomic E-state index is -0.435. The summed E-state index contributed by atoms with van der Waals surface area (Å²) in [7, 11) is 3.09. The first-order valence-electron chi connectivity index (χ1n) is 8.92. The molecule has 0 fully saturated rings. The van der Waals surface area contributed by atoms with Crippen molar-refractivity contribution in [2.45, 2.75) is 0 Å². The Morgan fingerprint density at radius 3 is 2.52 bits per heavy atom. The fourth-order valence-corrected chi connectivity index (χ4v) is 2.83. The molecular weight excluding hydrogens is 370 g/mol. The average Bonchev–Trinajstić information content (AvgIpc) is 2.76. The number of hydrogen-bond acceptors (Lipinski definition) is 5. The number of rotatable bonds is 7. The van der Waals surface area contributed by atoms with Crippen LogP contribution in [0.3, 0.4) is 0 Å². The van der Waals surface area contributed by atoms with Gasteiger partial charge in [-0.25, -0.2) is 5.43 Å². The smallest absolute Gasteiger partial charge is 0.259 e. The highest BCUT2D eigenvalue weighted by atomic mass is 16.5. The number of carbonyl (C=O) groups is 2. The quantitative estimate of drug-likeness (QED) is 0.479. The molecule has 0 aliphatic carbocycles. The van der Waals surface area contributed by atoms with E-state index in [1.54, 1.807) is 38.5 Å². The lowest BCUT2D eigenvalue weighted by Crippen LogP contribution is -2.35. The van der Waals surface area contributed by atoms with Crippen molar-refractivity contribution in [1.29, 1.82) is 0 Å². The zero-order chi connectivity index (χ0) is 20.6. The van der Waals surface area contributed by atoms with Gasteiger partial charge in [-0.3, -0.25) is 9.59 Å². The third-order valence-corrected chi connectivity index (χ3v) is 4.25. The molecule has 0 aliphatic rings. The highest BCUT2D eigenvalue weighted by Crippen LogP contribution is 2.26. The standard InChI is InChI=1S/C22H21N3O4/c1-28-19-11-10-15(12-20(19)29-2)13-24-25-21(26)14-23-22(27)18-9-5-7-16-6-3-4-8-17(16)18/h3-13H,14H2,1-2H3,(H,23,27)(H,25,26). The Morgan fingerprint density at radius 1 is 0.966 bits per heavy atom. The summed E-state index contributed by atoms with van der Waals surface area (Å²) >= 11 is 0. The molecule has 2 amide bonds. The Kier molecular flexibility index (Phi) is 6.42. The number of methoxy groups -OCH3 is 2. The molecule has 7 heteroatoms. The highest BCUT2D eigenvalue weighted by Gasteiger charge is 2.10. The van der Waals surface area contributed by atoms with E-state index >= 15 is 0 Å². The maximum Gasteiger partial charge on any atom is 0.259 e. The summed E-state index contributed by atoms with van der Waals surface area (Å²) in [5, 5.41) is 8.31. The minimum Gasteiger partial charge on any atom is -0.493 e. The van der Waals surface area contributed by atoms with E-state index in [1.807, 2.05) is 36.4 Å². The average molecular weight is 391 g/mol. The number of fused-ring (bicyclic) bond motifs is 1. The molecule has 3 aromatic carbocycles. The first-order chi connectivity index (χ1) is 14.1. The summed E-state index contributed by atoms with van der Waals surface area (Å²) in [4.78, 5) is 24.4. The summed E-state index contributed by atoms with van der Waals surface area (Å²) in [6, 6.07) is 18.3. The number of carbonyl (C=O) groups excluding carboxylic acids is 2. The van der Waals surface area contributed by atoms with Gasteiger partial charge in [-0.2, -0.15) is 5.10 Å². The van der Waals surface area contributed by atoms with Gasteiger partial charge in [0.05, 0.1) is 27.0 Å². The van der Waals surface area contributed by atoms with Crippen molar-refractivity contribution in [1.82, 2.24) is 10.7 Å². The van der Waals surface area contributed by atoms with E-state index in [4.69, 9.17) is 9.47 Å². The maximum atomic E-state index is 12.4. The number of hydrogen-bond donors (Lipinski definition) is 2. The van der Waals surface area contributed by atoms with Crippen LogP contribution in [-0.2, 0) is 4.79 Å². The molecular formula is C22H21N3O4. The molecule has 0 saturated carbocycles. The van der Waals surface area contributed by atoms with Gasteiger partial charge in [-0.15, -0.1) is 0 Å². The molecule has 3 rings (SSSR count). The molecule has 0 spiro atoms. The van der Waals surface area contributed by atoms with E-state index in [0.29, 0.717) is 17.1 Å². The first kappa shape index (κ1) is 19.9. The van der Waals surface area contributed by atoms with Crippen molar-refractivity contribution in [3.05, 3.63) is 71.8 Å². The molecule has 0 bridgehead atoms. The van der Waals surface area contributed by atoms with Crippen LogP contribution in [0, 0.1) is 0 Å². The molecule has 29 heavy (non-hydrogen) atoms. The second kappa shape index (κ2) is 9.36. The third kappa shape index (κ3) is 4.90. The SMILES string of the molecule is COc1ccc(C=NNC(=O)CNC(=O)c2cccc3ccccc23)cc1OC. The van der Waals surface area contributed by atoms with Crippen LogP contribution in [0.25, 0.3) is 10.8 Å². The number of nitrogens with zero attached hydrogens (tertiary/aromatic N) is 1. The number of hydrazone groups is 1. The Balaban J connectivity index is 1.56. The van der Waals surface area contributed by atoms with Crippen molar-refractivity contribution >= 4 is 28.8 Å². The van der Waals surface area contributed by atoms with Gasteiger partial charge < -0.3 is 14.8 Å². The fraction of sp³-hybridized carbons (Fsp3) is 0.136. The van der Waals surface area contributed by atoms with Crippen LogP contribution in [0.15, 0.2) is 65.8 Å². The molecule has 2 N–H and O–H groups in total. The van der Waals surface area contributed by atoms with Crippen LogP contribution >= 0.6 is 0 Å². The van der Waals surface area contributed by atoms with Crippen LogP contribution in [0.4, 0.5) is 0 Å². The Bertz CT molecular complexity index is 1060. The largest absolute Gasteiger partial charge is 0.493 e. The van der Waals surface area contributed by atoms with Gasteiger partial charge in [0.15, 0.2) is 11.5 Å². The second-order valence-corrected chi connectivity index (χ2v) is 6.12.